The van der Waals surface area contributed by atoms with E-state index in [-0.39, 0.29) is 11.8 Å². The molecule has 5 nitrogen and oxygen atoms in total. The van der Waals surface area contributed by atoms with Crippen LogP contribution in [0.25, 0.3) is 0 Å². The van der Waals surface area contributed by atoms with Gasteiger partial charge in [0, 0.05) is 31.6 Å². The molecule has 0 aromatic heterocycles. The van der Waals surface area contributed by atoms with E-state index < -0.39 is 0 Å². The van der Waals surface area contributed by atoms with Crippen LogP contribution in [-0.4, -0.2) is 25.4 Å². The Bertz CT molecular complexity index is 711. The predicted octanol–water partition coefficient (Wildman–Crippen LogP) is 2.15. The molecule has 0 saturated carbocycles. The lowest BCUT2D eigenvalue weighted by Gasteiger charge is -2.09. The second-order valence-corrected chi connectivity index (χ2v) is 6.00. The lowest BCUT2D eigenvalue weighted by Crippen LogP contribution is -2.26. The normalized spacial score (nSPS) is 10.3. The summed E-state index contributed by atoms with van der Waals surface area (Å²) in [4.78, 5) is 24.0. The Morgan fingerprint density at radius 1 is 0.920 bits per heavy atom. The molecule has 0 bridgehead atoms. The maximum Gasteiger partial charge on any atom is 0.251 e. The Balaban J connectivity index is 1.87. The van der Waals surface area contributed by atoms with E-state index in [0.717, 1.165) is 11.1 Å². The number of benzene rings is 2. The van der Waals surface area contributed by atoms with Crippen LogP contribution in [0.1, 0.15) is 33.5 Å². The summed E-state index contributed by atoms with van der Waals surface area (Å²) in [5.41, 5.74) is 3.75. The van der Waals surface area contributed by atoms with Gasteiger partial charge in [0.25, 0.3) is 5.91 Å². The van der Waals surface area contributed by atoms with Crippen molar-refractivity contribution >= 4 is 11.8 Å². The Morgan fingerprint density at radius 3 is 2.36 bits per heavy atom. The molecule has 0 fully saturated rings. The summed E-state index contributed by atoms with van der Waals surface area (Å²) in [6.07, 6.45) is 0.438. The van der Waals surface area contributed by atoms with Gasteiger partial charge < -0.3 is 16.0 Å². The summed E-state index contributed by atoms with van der Waals surface area (Å²) in [6.45, 7) is 3.59. The number of aryl methyl sites for hydroxylation is 1. The van der Waals surface area contributed by atoms with Crippen LogP contribution in [0.2, 0.25) is 0 Å². The molecular weight excluding hydrogens is 314 g/mol. The van der Waals surface area contributed by atoms with Gasteiger partial charge in [-0.25, -0.2) is 0 Å². The summed E-state index contributed by atoms with van der Waals surface area (Å²) in [6, 6.07) is 15.4. The quantitative estimate of drug-likeness (QED) is 0.690. The molecule has 0 radical (unpaired) electrons. The maximum absolute atomic E-state index is 12.3. The number of carbonyl (C=O) groups excluding carboxylic acids is 2. The van der Waals surface area contributed by atoms with E-state index in [1.54, 1.807) is 6.07 Å². The summed E-state index contributed by atoms with van der Waals surface area (Å²) < 4.78 is 0. The third kappa shape index (κ3) is 6.39. The zero-order chi connectivity index (χ0) is 18.1. The van der Waals surface area contributed by atoms with Crippen molar-refractivity contribution < 1.29 is 9.59 Å². The van der Waals surface area contributed by atoms with Gasteiger partial charge in [-0.2, -0.15) is 0 Å². The Labute approximate surface area is 148 Å². The van der Waals surface area contributed by atoms with Crippen molar-refractivity contribution in [1.29, 1.82) is 0 Å². The zero-order valence-electron chi connectivity index (χ0n) is 14.8. The molecule has 132 valence electrons. The highest BCUT2D eigenvalue weighted by molar-refractivity contribution is 5.94. The van der Waals surface area contributed by atoms with E-state index >= 15 is 0 Å². The first kappa shape index (κ1) is 18.7. The van der Waals surface area contributed by atoms with E-state index in [0.29, 0.717) is 31.6 Å². The van der Waals surface area contributed by atoms with Crippen LogP contribution in [0, 0.1) is 6.92 Å². The van der Waals surface area contributed by atoms with Crippen molar-refractivity contribution in [2.24, 2.45) is 0 Å². The van der Waals surface area contributed by atoms with Crippen LogP contribution in [0.5, 0.6) is 0 Å². The van der Waals surface area contributed by atoms with E-state index in [1.165, 1.54) is 5.56 Å². The second-order valence-electron chi connectivity index (χ2n) is 6.00. The van der Waals surface area contributed by atoms with E-state index in [4.69, 9.17) is 0 Å². The van der Waals surface area contributed by atoms with Crippen molar-refractivity contribution in [3.63, 3.8) is 0 Å². The van der Waals surface area contributed by atoms with Gasteiger partial charge in [0.1, 0.15) is 0 Å². The highest BCUT2D eigenvalue weighted by Crippen LogP contribution is 2.07. The Kier molecular flexibility index (Phi) is 7.16. The van der Waals surface area contributed by atoms with Crippen LogP contribution in [0.4, 0.5) is 0 Å². The fourth-order valence-corrected chi connectivity index (χ4v) is 2.34. The molecule has 0 aliphatic carbocycles. The van der Waals surface area contributed by atoms with Crippen LogP contribution in [0.3, 0.4) is 0 Å². The first-order valence-corrected chi connectivity index (χ1v) is 8.42. The first-order valence-electron chi connectivity index (χ1n) is 8.42. The standard InChI is InChI=1S/C20H25N3O2/c1-15-6-8-16(9-7-15)13-23-20(25)18-5-3-4-17(12-18)14-22-19(24)10-11-21-2/h3-9,12,21H,10-11,13-14H2,1-2H3,(H,22,24)(H,23,25). The highest BCUT2D eigenvalue weighted by atomic mass is 16.2. The van der Waals surface area contributed by atoms with Crippen LogP contribution < -0.4 is 16.0 Å². The molecule has 0 atom stereocenters. The van der Waals surface area contributed by atoms with Gasteiger partial charge in [-0.15, -0.1) is 0 Å². The molecule has 25 heavy (non-hydrogen) atoms. The Hall–Kier alpha value is -2.66. The fraction of sp³-hybridized carbons (Fsp3) is 0.300. The molecule has 0 spiro atoms. The number of nitrogens with one attached hydrogen (secondary N) is 3. The maximum atomic E-state index is 12.3. The van der Waals surface area contributed by atoms with E-state index in [2.05, 4.69) is 16.0 Å². The van der Waals surface area contributed by atoms with E-state index in [9.17, 15) is 9.59 Å². The highest BCUT2D eigenvalue weighted by Gasteiger charge is 2.07. The van der Waals surface area contributed by atoms with Gasteiger partial charge in [0.2, 0.25) is 5.91 Å². The smallest absolute Gasteiger partial charge is 0.251 e. The molecule has 2 rings (SSSR count). The van der Waals surface area contributed by atoms with Gasteiger partial charge in [-0.05, 0) is 37.2 Å². The Morgan fingerprint density at radius 2 is 1.64 bits per heavy atom. The lowest BCUT2D eigenvalue weighted by atomic mass is 10.1. The zero-order valence-corrected chi connectivity index (χ0v) is 14.8. The average Bonchev–Trinajstić information content (AvgIpc) is 2.64. The lowest BCUT2D eigenvalue weighted by molar-refractivity contribution is -0.121. The molecule has 5 heteroatoms. The number of rotatable bonds is 8. The van der Waals surface area contributed by atoms with Crippen molar-refractivity contribution in [1.82, 2.24) is 16.0 Å². The van der Waals surface area contributed by atoms with Crippen molar-refractivity contribution in [2.75, 3.05) is 13.6 Å². The molecule has 0 aliphatic heterocycles. The number of amides is 2. The van der Waals surface area contributed by atoms with Gasteiger partial charge in [0.05, 0.1) is 0 Å². The van der Waals surface area contributed by atoms with Gasteiger partial charge in [0.15, 0.2) is 0 Å². The minimum Gasteiger partial charge on any atom is -0.352 e. The van der Waals surface area contributed by atoms with Crippen LogP contribution in [0.15, 0.2) is 48.5 Å². The number of hydrogen-bond donors (Lipinski definition) is 3. The molecule has 0 unspecified atom stereocenters. The number of hydrogen-bond acceptors (Lipinski definition) is 3. The molecule has 2 amide bonds. The largest absolute Gasteiger partial charge is 0.352 e. The van der Waals surface area contributed by atoms with Gasteiger partial charge >= 0.3 is 0 Å². The van der Waals surface area contributed by atoms with Gasteiger partial charge in [-0.1, -0.05) is 42.0 Å². The molecule has 0 saturated heterocycles. The van der Waals surface area contributed by atoms with Crippen molar-refractivity contribution in [3.05, 3.63) is 70.8 Å². The molecule has 3 N–H and O–H groups in total. The molecule has 2 aromatic carbocycles. The van der Waals surface area contributed by atoms with Gasteiger partial charge in [-0.3, -0.25) is 9.59 Å². The first-order chi connectivity index (χ1) is 12.1. The minimum atomic E-state index is -0.121. The summed E-state index contributed by atoms with van der Waals surface area (Å²) in [7, 11) is 1.81. The monoisotopic (exact) mass is 339 g/mol. The third-order valence-corrected chi connectivity index (χ3v) is 3.85. The minimum absolute atomic E-state index is 0.0106. The molecule has 2 aromatic rings. The topological polar surface area (TPSA) is 70.2 Å². The second kappa shape index (κ2) is 9.59. The predicted molar refractivity (Wildman–Crippen MR) is 99.2 cm³/mol. The van der Waals surface area contributed by atoms with Crippen LogP contribution in [-0.2, 0) is 17.9 Å². The fourth-order valence-electron chi connectivity index (χ4n) is 2.34. The van der Waals surface area contributed by atoms with Crippen LogP contribution >= 0.6 is 0 Å². The molecule has 0 aliphatic rings. The van der Waals surface area contributed by atoms with Crippen molar-refractivity contribution in [2.45, 2.75) is 26.4 Å². The number of carbonyl (C=O) groups is 2. The van der Waals surface area contributed by atoms with Crippen molar-refractivity contribution in [3.8, 4) is 0 Å². The third-order valence-electron chi connectivity index (χ3n) is 3.85. The molecular formula is C20H25N3O2. The summed E-state index contributed by atoms with van der Waals surface area (Å²) in [5, 5.41) is 8.71. The van der Waals surface area contributed by atoms with E-state index in [1.807, 2.05) is 56.4 Å². The SMILES string of the molecule is CNCCC(=O)NCc1cccc(C(=O)NCc2ccc(C)cc2)c1. The average molecular weight is 339 g/mol. The molecule has 0 heterocycles. The summed E-state index contributed by atoms with van der Waals surface area (Å²) >= 11 is 0. The summed E-state index contributed by atoms with van der Waals surface area (Å²) in [5.74, 6) is -0.132.